The molecule has 0 saturated heterocycles. The molecule has 4 nitrogen and oxygen atoms in total. The Balaban J connectivity index is 2.27. The molecule has 0 atom stereocenters. The number of anilines is 1. The Labute approximate surface area is 99.3 Å². The first-order valence-corrected chi connectivity index (χ1v) is 5.63. The van der Waals surface area contributed by atoms with E-state index >= 15 is 0 Å². The molecule has 0 spiro atoms. The van der Waals surface area contributed by atoms with Crippen molar-refractivity contribution in [1.29, 1.82) is 0 Å². The van der Waals surface area contributed by atoms with Gasteiger partial charge in [-0.05, 0) is 25.5 Å². The highest BCUT2D eigenvalue weighted by molar-refractivity contribution is 5.65. The number of nitrogens with one attached hydrogen (secondary N) is 2. The number of nitrogens with zero attached hydrogens (tertiary/aromatic N) is 2. The number of halogens is 1. The van der Waals surface area contributed by atoms with Gasteiger partial charge in [-0.25, -0.2) is 4.39 Å². The van der Waals surface area contributed by atoms with E-state index in [0.717, 1.165) is 30.0 Å². The molecule has 5 heteroatoms. The van der Waals surface area contributed by atoms with E-state index in [9.17, 15) is 4.39 Å². The Morgan fingerprint density at radius 1 is 1.41 bits per heavy atom. The average molecular weight is 234 g/mol. The number of H-pyrrole nitrogens is 1. The molecule has 0 aliphatic rings. The van der Waals surface area contributed by atoms with Crippen LogP contribution < -0.4 is 5.32 Å². The molecule has 17 heavy (non-hydrogen) atoms. The quantitative estimate of drug-likeness (QED) is 0.855. The monoisotopic (exact) mass is 234 g/mol. The van der Waals surface area contributed by atoms with E-state index in [1.165, 1.54) is 12.3 Å². The largest absolute Gasteiger partial charge is 0.368 e. The summed E-state index contributed by atoms with van der Waals surface area (Å²) in [5.41, 5.74) is 2.52. The number of pyridine rings is 1. The van der Waals surface area contributed by atoms with E-state index < -0.39 is 0 Å². The lowest BCUT2D eigenvalue weighted by Gasteiger charge is -2.02. The summed E-state index contributed by atoms with van der Waals surface area (Å²) in [7, 11) is 0. The zero-order chi connectivity index (χ0) is 12.3. The van der Waals surface area contributed by atoms with Gasteiger partial charge in [0.15, 0.2) is 5.82 Å². The fourth-order valence-corrected chi connectivity index (χ4v) is 1.59. The summed E-state index contributed by atoms with van der Waals surface area (Å²) in [6.45, 7) is 4.93. The van der Waals surface area contributed by atoms with Gasteiger partial charge in [-0.2, -0.15) is 5.10 Å². The minimum absolute atomic E-state index is 0.338. The van der Waals surface area contributed by atoms with Gasteiger partial charge in [0.25, 0.3) is 0 Å². The number of aromatic amines is 1. The predicted molar refractivity (Wildman–Crippen MR) is 65.3 cm³/mol. The van der Waals surface area contributed by atoms with Crippen molar-refractivity contribution in [1.82, 2.24) is 15.2 Å². The topological polar surface area (TPSA) is 53.6 Å². The predicted octanol–water partition coefficient (Wildman–Crippen LogP) is 2.74. The van der Waals surface area contributed by atoms with Crippen LogP contribution in [0.25, 0.3) is 11.4 Å². The second-order valence-corrected chi connectivity index (χ2v) is 3.86. The maximum Gasteiger partial charge on any atom is 0.151 e. The van der Waals surface area contributed by atoms with Crippen LogP contribution in [0.15, 0.2) is 18.3 Å². The van der Waals surface area contributed by atoms with Gasteiger partial charge in [-0.3, -0.25) is 10.1 Å². The Kier molecular flexibility index (Phi) is 3.37. The highest BCUT2D eigenvalue weighted by Gasteiger charge is 2.11. The molecule has 0 bridgehead atoms. The van der Waals surface area contributed by atoms with Crippen molar-refractivity contribution in [2.24, 2.45) is 0 Å². The van der Waals surface area contributed by atoms with Crippen LogP contribution >= 0.6 is 0 Å². The van der Waals surface area contributed by atoms with Gasteiger partial charge in [-0.1, -0.05) is 6.92 Å². The molecule has 0 radical (unpaired) electrons. The van der Waals surface area contributed by atoms with Crippen molar-refractivity contribution in [3.8, 4) is 11.4 Å². The molecule has 0 saturated carbocycles. The minimum Gasteiger partial charge on any atom is -0.368 e. The molecule has 0 amide bonds. The van der Waals surface area contributed by atoms with Crippen LogP contribution in [0.4, 0.5) is 10.2 Å². The molecule has 0 fully saturated rings. The van der Waals surface area contributed by atoms with Crippen LogP contribution in [0.3, 0.4) is 0 Å². The third kappa shape index (κ3) is 2.43. The number of hydrogen-bond donors (Lipinski definition) is 2. The van der Waals surface area contributed by atoms with E-state index in [2.05, 4.69) is 27.4 Å². The molecule has 0 aromatic carbocycles. The third-order valence-electron chi connectivity index (χ3n) is 2.54. The first-order chi connectivity index (χ1) is 8.22. The Morgan fingerprint density at radius 2 is 2.24 bits per heavy atom. The molecule has 2 heterocycles. The van der Waals surface area contributed by atoms with Crippen molar-refractivity contribution in [2.75, 3.05) is 11.9 Å². The lowest BCUT2D eigenvalue weighted by atomic mass is 10.2. The van der Waals surface area contributed by atoms with Gasteiger partial charge >= 0.3 is 0 Å². The van der Waals surface area contributed by atoms with Crippen LogP contribution in [-0.4, -0.2) is 21.7 Å². The Bertz CT molecular complexity index is 490. The van der Waals surface area contributed by atoms with E-state index in [1.54, 1.807) is 6.07 Å². The molecule has 90 valence electrons. The van der Waals surface area contributed by atoms with E-state index in [4.69, 9.17) is 0 Å². The van der Waals surface area contributed by atoms with Crippen molar-refractivity contribution in [3.63, 3.8) is 0 Å². The average Bonchev–Trinajstić information content (AvgIpc) is 2.69. The molecule has 2 rings (SSSR count). The fraction of sp³-hybridized carbons (Fsp3) is 0.333. The SMILES string of the molecule is CCCNc1n[nH]c(-c2ccc(F)cn2)c1C. The van der Waals surface area contributed by atoms with Crippen LogP contribution in [0.1, 0.15) is 18.9 Å². The summed E-state index contributed by atoms with van der Waals surface area (Å²) in [6.07, 6.45) is 2.24. The molecular formula is C12H15FN4. The zero-order valence-corrected chi connectivity index (χ0v) is 9.92. The van der Waals surface area contributed by atoms with Gasteiger partial charge in [0, 0.05) is 12.1 Å². The number of rotatable bonds is 4. The maximum atomic E-state index is 12.8. The first-order valence-electron chi connectivity index (χ1n) is 5.63. The van der Waals surface area contributed by atoms with Gasteiger partial charge in [0.1, 0.15) is 5.82 Å². The molecule has 2 N–H and O–H groups in total. The lowest BCUT2D eigenvalue weighted by molar-refractivity contribution is 0.622. The second kappa shape index (κ2) is 4.95. The van der Waals surface area contributed by atoms with E-state index in [1.807, 2.05) is 6.92 Å². The van der Waals surface area contributed by atoms with Gasteiger partial charge < -0.3 is 5.32 Å². The third-order valence-corrected chi connectivity index (χ3v) is 2.54. The smallest absolute Gasteiger partial charge is 0.151 e. The van der Waals surface area contributed by atoms with Crippen molar-refractivity contribution >= 4 is 5.82 Å². The zero-order valence-electron chi connectivity index (χ0n) is 9.92. The minimum atomic E-state index is -0.338. The van der Waals surface area contributed by atoms with Crippen molar-refractivity contribution in [3.05, 3.63) is 29.7 Å². The summed E-state index contributed by atoms with van der Waals surface area (Å²) in [5, 5.41) is 10.3. The van der Waals surface area contributed by atoms with Gasteiger partial charge in [0.05, 0.1) is 17.6 Å². The fourth-order valence-electron chi connectivity index (χ4n) is 1.59. The van der Waals surface area contributed by atoms with Gasteiger partial charge in [0.2, 0.25) is 0 Å². The van der Waals surface area contributed by atoms with Crippen LogP contribution in [0, 0.1) is 12.7 Å². The van der Waals surface area contributed by atoms with Crippen molar-refractivity contribution < 1.29 is 4.39 Å². The highest BCUT2D eigenvalue weighted by atomic mass is 19.1. The summed E-state index contributed by atoms with van der Waals surface area (Å²) in [6, 6.07) is 3.03. The molecule has 2 aromatic rings. The Morgan fingerprint density at radius 3 is 2.88 bits per heavy atom. The standard InChI is InChI=1S/C12H15FN4/c1-3-6-14-12-8(2)11(16-17-12)10-5-4-9(13)7-15-10/h4-5,7H,3,6H2,1-2H3,(H2,14,16,17). The Hall–Kier alpha value is -1.91. The van der Waals surface area contributed by atoms with Crippen LogP contribution in [0.2, 0.25) is 0 Å². The van der Waals surface area contributed by atoms with E-state index in [0.29, 0.717) is 5.69 Å². The molecular weight excluding hydrogens is 219 g/mol. The molecule has 0 aliphatic heterocycles. The number of aromatic nitrogens is 3. The normalized spacial score (nSPS) is 10.5. The number of hydrogen-bond acceptors (Lipinski definition) is 3. The summed E-state index contributed by atoms with van der Waals surface area (Å²) in [5.74, 6) is 0.489. The van der Waals surface area contributed by atoms with Gasteiger partial charge in [-0.15, -0.1) is 0 Å². The second-order valence-electron chi connectivity index (χ2n) is 3.86. The molecule has 2 aromatic heterocycles. The first kappa shape index (κ1) is 11.6. The molecule has 0 aliphatic carbocycles. The summed E-state index contributed by atoms with van der Waals surface area (Å²) in [4.78, 5) is 4.03. The van der Waals surface area contributed by atoms with E-state index in [-0.39, 0.29) is 5.82 Å². The highest BCUT2D eigenvalue weighted by Crippen LogP contribution is 2.24. The lowest BCUT2D eigenvalue weighted by Crippen LogP contribution is -2.01. The van der Waals surface area contributed by atoms with Crippen molar-refractivity contribution in [2.45, 2.75) is 20.3 Å². The summed E-state index contributed by atoms with van der Waals surface area (Å²) < 4.78 is 12.8. The maximum absolute atomic E-state index is 12.8. The van der Waals surface area contributed by atoms with Crippen LogP contribution in [-0.2, 0) is 0 Å². The van der Waals surface area contributed by atoms with Crippen LogP contribution in [0.5, 0.6) is 0 Å². The summed E-state index contributed by atoms with van der Waals surface area (Å²) >= 11 is 0. The molecule has 0 unspecified atom stereocenters.